The summed E-state index contributed by atoms with van der Waals surface area (Å²) in [5, 5.41) is 2.83. The lowest BCUT2D eigenvalue weighted by molar-refractivity contribution is 0.630. The molecule has 37 heavy (non-hydrogen) atoms. The van der Waals surface area contributed by atoms with E-state index in [1.165, 1.54) is 72.1 Å². The van der Waals surface area contributed by atoms with Crippen molar-refractivity contribution in [3.8, 4) is 22.5 Å². The zero-order chi connectivity index (χ0) is 24.8. The van der Waals surface area contributed by atoms with Crippen LogP contribution in [0.3, 0.4) is 0 Å². The van der Waals surface area contributed by atoms with E-state index < -0.39 is 0 Å². The quantitative estimate of drug-likeness (QED) is 0.241. The molecule has 0 radical (unpaired) electrons. The third-order valence-electron chi connectivity index (χ3n) is 9.16. The van der Waals surface area contributed by atoms with Gasteiger partial charge in [-0.05, 0) is 60.2 Å². The lowest BCUT2D eigenvalue weighted by Crippen LogP contribution is -2.03. The summed E-state index contributed by atoms with van der Waals surface area (Å²) < 4.78 is 4.84. The van der Waals surface area contributed by atoms with E-state index in [0.717, 1.165) is 12.8 Å². The molecule has 2 unspecified atom stereocenters. The summed E-state index contributed by atoms with van der Waals surface area (Å²) in [6.45, 7) is 2.22. The van der Waals surface area contributed by atoms with Crippen molar-refractivity contribution in [2.45, 2.75) is 31.6 Å². The van der Waals surface area contributed by atoms with Crippen LogP contribution in [0.5, 0.6) is 0 Å². The Morgan fingerprint density at radius 2 is 1.08 bits per heavy atom. The molecule has 0 fully saturated rings. The first-order valence-electron chi connectivity index (χ1n) is 13.5. The third-order valence-corrected chi connectivity index (χ3v) is 9.16. The smallest absolute Gasteiger partial charge is 0.0530 e. The molecule has 2 heterocycles. The minimum atomic E-state index is 0.419. The molecule has 2 aliphatic carbocycles. The molecular formula is C35H30N2. The van der Waals surface area contributed by atoms with Crippen LogP contribution in [0.2, 0.25) is 0 Å². The van der Waals surface area contributed by atoms with Gasteiger partial charge in [-0.15, -0.1) is 0 Å². The molecule has 0 amide bonds. The Morgan fingerprint density at radius 1 is 0.568 bits per heavy atom. The monoisotopic (exact) mass is 478 g/mol. The summed E-state index contributed by atoms with van der Waals surface area (Å²) in [4.78, 5) is 0. The maximum absolute atomic E-state index is 2.43. The van der Waals surface area contributed by atoms with E-state index in [-0.39, 0.29) is 0 Å². The lowest BCUT2D eigenvalue weighted by atomic mass is 9.84. The van der Waals surface area contributed by atoms with Crippen LogP contribution in [0, 0.1) is 6.92 Å². The second-order valence-electron chi connectivity index (χ2n) is 11.0. The second-order valence-corrected chi connectivity index (χ2v) is 11.0. The van der Waals surface area contributed by atoms with Gasteiger partial charge >= 0.3 is 0 Å². The second kappa shape index (κ2) is 7.49. The van der Waals surface area contributed by atoms with Crippen molar-refractivity contribution < 1.29 is 0 Å². The molecule has 0 aliphatic heterocycles. The topological polar surface area (TPSA) is 9.86 Å². The van der Waals surface area contributed by atoms with Crippen LogP contribution in [0.4, 0.5) is 0 Å². The number of hydrogen-bond donors (Lipinski definition) is 0. The van der Waals surface area contributed by atoms with Crippen LogP contribution < -0.4 is 0 Å². The summed E-state index contributed by atoms with van der Waals surface area (Å²) in [7, 11) is 4.48. The number of fused-ring (bicyclic) bond motifs is 10. The average Bonchev–Trinajstić information content (AvgIpc) is 3.61. The van der Waals surface area contributed by atoms with E-state index in [4.69, 9.17) is 0 Å². The van der Waals surface area contributed by atoms with Gasteiger partial charge in [0.1, 0.15) is 0 Å². The van der Waals surface area contributed by atoms with Gasteiger partial charge in [0.15, 0.2) is 0 Å². The van der Waals surface area contributed by atoms with Crippen molar-refractivity contribution in [2.24, 2.45) is 14.1 Å². The van der Waals surface area contributed by atoms with E-state index in [2.05, 4.69) is 121 Å². The van der Waals surface area contributed by atoms with Crippen molar-refractivity contribution in [2.75, 3.05) is 0 Å². The third kappa shape index (κ3) is 2.71. The molecule has 2 atom stereocenters. The molecule has 2 nitrogen and oxygen atoms in total. The zero-order valence-corrected chi connectivity index (χ0v) is 21.6. The summed E-state index contributed by atoms with van der Waals surface area (Å²) >= 11 is 0. The molecule has 2 aliphatic rings. The van der Waals surface area contributed by atoms with Crippen LogP contribution in [0.25, 0.3) is 44.3 Å². The number of para-hydroxylation sites is 2. The molecule has 0 bridgehead atoms. The summed E-state index contributed by atoms with van der Waals surface area (Å²) in [5.74, 6) is 0.841. The number of aromatic nitrogens is 2. The molecule has 2 aromatic heterocycles. The summed E-state index contributed by atoms with van der Waals surface area (Å²) in [6, 6.07) is 34.1. The minimum Gasteiger partial charge on any atom is -0.343 e. The van der Waals surface area contributed by atoms with Crippen molar-refractivity contribution in [1.29, 1.82) is 0 Å². The van der Waals surface area contributed by atoms with E-state index in [1.807, 2.05) is 0 Å². The van der Waals surface area contributed by atoms with Crippen molar-refractivity contribution in [1.82, 2.24) is 9.13 Å². The number of aryl methyl sites for hydroxylation is 3. The van der Waals surface area contributed by atoms with Gasteiger partial charge in [-0.1, -0.05) is 78.4 Å². The Labute approximate surface area is 217 Å². The van der Waals surface area contributed by atoms with Crippen molar-refractivity contribution in [3.05, 3.63) is 119 Å². The van der Waals surface area contributed by atoms with Gasteiger partial charge in [-0.2, -0.15) is 0 Å². The molecule has 0 spiro atoms. The Kier molecular flexibility index (Phi) is 4.27. The Morgan fingerprint density at radius 3 is 1.73 bits per heavy atom. The molecule has 4 aromatic carbocycles. The number of rotatable bonds is 3. The highest BCUT2D eigenvalue weighted by molar-refractivity contribution is 5.98. The van der Waals surface area contributed by atoms with Gasteiger partial charge in [-0.3, -0.25) is 0 Å². The largest absolute Gasteiger partial charge is 0.343 e. The highest BCUT2D eigenvalue weighted by atomic mass is 15.0. The maximum atomic E-state index is 2.43. The van der Waals surface area contributed by atoms with Crippen LogP contribution in [-0.4, -0.2) is 9.13 Å². The lowest BCUT2D eigenvalue weighted by Gasteiger charge is -2.19. The average molecular weight is 479 g/mol. The van der Waals surface area contributed by atoms with E-state index in [0.29, 0.717) is 11.8 Å². The van der Waals surface area contributed by atoms with Crippen LogP contribution >= 0.6 is 0 Å². The zero-order valence-electron chi connectivity index (χ0n) is 21.6. The van der Waals surface area contributed by atoms with E-state index >= 15 is 0 Å². The Bertz CT molecular complexity index is 1880. The fraction of sp³-hybridized carbons (Fsp3) is 0.200. The van der Waals surface area contributed by atoms with Gasteiger partial charge in [0.2, 0.25) is 0 Å². The van der Waals surface area contributed by atoms with Gasteiger partial charge in [-0.25, -0.2) is 0 Å². The predicted octanol–water partition coefficient (Wildman–Crippen LogP) is 8.68. The van der Waals surface area contributed by atoms with Crippen molar-refractivity contribution in [3.63, 3.8) is 0 Å². The predicted molar refractivity (Wildman–Crippen MR) is 154 cm³/mol. The molecule has 0 saturated heterocycles. The fourth-order valence-corrected chi connectivity index (χ4v) is 7.64. The maximum Gasteiger partial charge on any atom is 0.0530 e. The highest BCUT2D eigenvalue weighted by Crippen LogP contribution is 2.55. The van der Waals surface area contributed by atoms with Gasteiger partial charge in [0.25, 0.3) is 0 Å². The number of hydrogen-bond acceptors (Lipinski definition) is 0. The van der Waals surface area contributed by atoms with E-state index in [1.54, 1.807) is 0 Å². The Balaban J connectivity index is 1.28. The highest BCUT2D eigenvalue weighted by Gasteiger charge is 2.37. The normalized spacial score (nSPS) is 17.3. The molecular weight excluding hydrogens is 448 g/mol. The first-order chi connectivity index (χ1) is 18.1. The molecule has 0 saturated carbocycles. The summed E-state index contributed by atoms with van der Waals surface area (Å²) in [5.41, 5.74) is 15.7. The first kappa shape index (κ1) is 21.1. The Hall–Kier alpha value is -4.04. The number of benzene rings is 4. The molecule has 2 heteroatoms. The summed E-state index contributed by atoms with van der Waals surface area (Å²) in [6.07, 6.45) is 2.28. The molecule has 0 N–H and O–H groups in total. The van der Waals surface area contributed by atoms with Gasteiger partial charge in [0.05, 0.1) is 11.4 Å². The van der Waals surface area contributed by atoms with E-state index in [9.17, 15) is 0 Å². The standard InChI is InChI=1S/C35H30N2/c1-21-16-17-23-25(33-28-13-7-9-15-31(28)37(3)35(33)29(23)20-21)19-18-24-22-10-4-5-11-26(22)34-32(24)27-12-6-8-14-30(27)36(34)2/h4-17,20,24-25H,18-19H2,1-3H3. The van der Waals surface area contributed by atoms with Crippen LogP contribution in [0.1, 0.15) is 52.5 Å². The van der Waals surface area contributed by atoms with Gasteiger partial charge in [0, 0.05) is 58.9 Å². The van der Waals surface area contributed by atoms with Crippen LogP contribution in [-0.2, 0) is 14.1 Å². The molecule has 6 aromatic rings. The SMILES string of the molecule is Cc1ccc2c(c1)-c1c(c3ccccc3n1C)C2CCC1c2ccccc2-c2c1c1ccccc1n2C. The first-order valence-corrected chi connectivity index (χ1v) is 13.5. The van der Waals surface area contributed by atoms with Gasteiger partial charge < -0.3 is 9.13 Å². The number of nitrogens with zero attached hydrogens (tertiary/aromatic N) is 2. The van der Waals surface area contributed by atoms with Crippen LogP contribution in [0.15, 0.2) is 91.0 Å². The fourth-order valence-electron chi connectivity index (χ4n) is 7.64. The molecule has 8 rings (SSSR count). The minimum absolute atomic E-state index is 0.419. The molecule has 180 valence electrons. The van der Waals surface area contributed by atoms with Crippen molar-refractivity contribution >= 4 is 21.8 Å².